The van der Waals surface area contributed by atoms with Crippen LogP contribution in [0.3, 0.4) is 0 Å². The number of fused-ring (bicyclic) bond motifs is 2. The summed E-state index contributed by atoms with van der Waals surface area (Å²) in [4.78, 5) is 16.0. The Morgan fingerprint density at radius 3 is 2.60 bits per heavy atom. The van der Waals surface area contributed by atoms with Crippen LogP contribution >= 0.6 is 11.8 Å². The van der Waals surface area contributed by atoms with Gasteiger partial charge in [-0.05, 0) is 25.0 Å². The van der Waals surface area contributed by atoms with Crippen molar-refractivity contribution in [2.24, 2.45) is 5.92 Å². The van der Waals surface area contributed by atoms with Gasteiger partial charge in [0.1, 0.15) is 0 Å². The molecule has 1 aromatic carbocycles. The van der Waals surface area contributed by atoms with E-state index in [2.05, 4.69) is 12.2 Å². The van der Waals surface area contributed by atoms with Gasteiger partial charge in [-0.1, -0.05) is 12.2 Å². The fourth-order valence-electron chi connectivity index (χ4n) is 2.95. The van der Waals surface area contributed by atoms with Crippen LogP contribution in [0, 0.1) is 16.0 Å². The molecule has 2 bridgehead atoms. The molecule has 5 atom stereocenters. The second-order valence-corrected chi connectivity index (χ2v) is 6.72. The van der Waals surface area contributed by atoms with Gasteiger partial charge in [0, 0.05) is 28.9 Å². The Morgan fingerprint density at radius 2 is 2.05 bits per heavy atom. The zero-order chi connectivity index (χ0) is 13.7. The van der Waals surface area contributed by atoms with E-state index < -0.39 is 0 Å². The van der Waals surface area contributed by atoms with Gasteiger partial charge in [-0.2, -0.15) is 0 Å². The number of non-ortho nitro benzene ring substituents is 1. The molecule has 3 heterocycles. The van der Waals surface area contributed by atoms with E-state index in [0.29, 0.717) is 16.5 Å². The Labute approximate surface area is 120 Å². The minimum atomic E-state index is -0.379. The van der Waals surface area contributed by atoms with Crippen molar-refractivity contribution in [3.8, 4) is 0 Å². The molecule has 104 valence electrons. The number of nitro groups is 1. The van der Waals surface area contributed by atoms with Gasteiger partial charge in [0.25, 0.3) is 5.69 Å². The molecular weight excluding hydrogens is 276 g/mol. The normalized spacial score (nSPS) is 37.9. The number of benzene rings is 1. The highest BCUT2D eigenvalue weighted by atomic mass is 32.2. The predicted molar refractivity (Wildman–Crippen MR) is 75.8 cm³/mol. The summed E-state index contributed by atoms with van der Waals surface area (Å²) < 4.78 is 0. The first-order valence-corrected chi connectivity index (χ1v) is 7.70. The highest BCUT2D eigenvalue weighted by Crippen LogP contribution is 2.51. The molecule has 0 spiro atoms. The molecular formula is C14H14N2O3S. The largest absolute Gasteiger partial charge is 0.269 e. The molecule has 20 heavy (non-hydrogen) atoms. The second-order valence-electron chi connectivity index (χ2n) is 5.36. The van der Waals surface area contributed by atoms with Gasteiger partial charge in [0.05, 0.1) is 10.3 Å². The van der Waals surface area contributed by atoms with Crippen molar-refractivity contribution in [3.63, 3.8) is 0 Å². The van der Waals surface area contributed by atoms with Crippen LogP contribution in [0.4, 0.5) is 5.69 Å². The van der Waals surface area contributed by atoms with Crippen molar-refractivity contribution in [3.05, 3.63) is 52.1 Å². The van der Waals surface area contributed by atoms with Gasteiger partial charge >= 0.3 is 0 Å². The third-order valence-electron chi connectivity index (χ3n) is 4.08. The maximum atomic E-state index is 10.6. The zero-order valence-electron chi connectivity index (χ0n) is 10.7. The minimum absolute atomic E-state index is 0.0407. The van der Waals surface area contributed by atoms with Crippen LogP contribution in [-0.2, 0) is 4.84 Å². The van der Waals surface area contributed by atoms with E-state index in [0.717, 1.165) is 5.56 Å². The topological polar surface area (TPSA) is 58.7 Å². The van der Waals surface area contributed by atoms with Crippen LogP contribution in [0.5, 0.6) is 0 Å². The van der Waals surface area contributed by atoms with Crippen LogP contribution in [0.1, 0.15) is 24.6 Å². The molecule has 5 unspecified atom stereocenters. The van der Waals surface area contributed by atoms with Crippen LogP contribution in [-0.4, -0.2) is 20.6 Å². The summed E-state index contributed by atoms with van der Waals surface area (Å²) in [6.45, 7) is 0. The molecule has 4 aliphatic rings. The first-order chi connectivity index (χ1) is 9.72. The molecule has 1 aliphatic carbocycles. The molecule has 2 saturated heterocycles. The lowest BCUT2D eigenvalue weighted by atomic mass is 9.94. The summed E-state index contributed by atoms with van der Waals surface area (Å²) in [6, 6.07) is 6.64. The average Bonchev–Trinajstić information content (AvgIpc) is 3.29. The summed E-state index contributed by atoms with van der Waals surface area (Å²) >= 11 is 1.96. The molecule has 5 rings (SSSR count). The highest BCUT2D eigenvalue weighted by molar-refractivity contribution is 8.00. The molecule has 0 saturated carbocycles. The first-order valence-electron chi connectivity index (χ1n) is 6.75. The lowest BCUT2D eigenvalue weighted by Crippen LogP contribution is -2.34. The monoisotopic (exact) mass is 290 g/mol. The van der Waals surface area contributed by atoms with E-state index >= 15 is 0 Å². The molecule has 0 radical (unpaired) electrons. The Kier molecular flexibility index (Phi) is 2.83. The number of hydrogen-bond acceptors (Lipinski definition) is 5. The smallest absolute Gasteiger partial charge is 0.269 e. The summed E-state index contributed by atoms with van der Waals surface area (Å²) in [6.07, 6.45) is 7.06. The van der Waals surface area contributed by atoms with Gasteiger partial charge in [0.2, 0.25) is 0 Å². The molecule has 2 fully saturated rings. The van der Waals surface area contributed by atoms with Gasteiger partial charge in [-0.15, -0.1) is 16.8 Å². The molecule has 3 aliphatic heterocycles. The number of nitrogens with zero attached hydrogens (tertiary/aromatic N) is 2. The summed E-state index contributed by atoms with van der Waals surface area (Å²) in [5, 5.41) is 13.7. The standard InChI is InChI=1S/C14H14N2O3S/c17-16(18)11-5-1-9(2-6-11)13-15(19-13)14-10-3-7-12(20-14)8-4-10/h1-3,5-7,10,12-14H,4,8H2. The van der Waals surface area contributed by atoms with Crippen LogP contribution in [0.15, 0.2) is 36.4 Å². The van der Waals surface area contributed by atoms with Crippen LogP contribution in [0.25, 0.3) is 0 Å². The van der Waals surface area contributed by atoms with Gasteiger partial charge in [-0.3, -0.25) is 15.0 Å². The summed E-state index contributed by atoms with van der Waals surface area (Å²) in [5.41, 5.74) is 1.11. The highest BCUT2D eigenvalue weighted by Gasteiger charge is 2.49. The quantitative estimate of drug-likeness (QED) is 0.370. The van der Waals surface area contributed by atoms with Crippen molar-refractivity contribution in [2.45, 2.75) is 29.7 Å². The fourth-order valence-corrected chi connectivity index (χ4v) is 4.47. The molecule has 0 amide bonds. The van der Waals surface area contributed by atoms with Crippen molar-refractivity contribution < 1.29 is 9.76 Å². The van der Waals surface area contributed by atoms with Crippen molar-refractivity contribution >= 4 is 17.4 Å². The first kappa shape index (κ1) is 12.4. The summed E-state index contributed by atoms with van der Waals surface area (Å²) in [7, 11) is 0. The Morgan fingerprint density at radius 1 is 1.25 bits per heavy atom. The summed E-state index contributed by atoms with van der Waals surface area (Å²) in [5.74, 6) is 0.563. The minimum Gasteiger partial charge on any atom is -0.269 e. The number of hydroxylamine groups is 2. The van der Waals surface area contributed by atoms with Crippen LogP contribution in [0.2, 0.25) is 0 Å². The molecule has 5 nitrogen and oxygen atoms in total. The van der Waals surface area contributed by atoms with E-state index in [-0.39, 0.29) is 16.8 Å². The Bertz CT molecular complexity index is 574. The zero-order valence-corrected chi connectivity index (χ0v) is 11.5. The average molecular weight is 290 g/mol. The Hall–Kier alpha value is -1.37. The maximum Gasteiger partial charge on any atom is 0.269 e. The predicted octanol–water partition coefficient (Wildman–Crippen LogP) is 3.25. The van der Waals surface area contributed by atoms with E-state index in [9.17, 15) is 10.1 Å². The third-order valence-corrected chi connectivity index (χ3v) is 5.66. The van der Waals surface area contributed by atoms with E-state index in [1.807, 2.05) is 16.8 Å². The molecule has 0 aromatic heterocycles. The molecule has 0 N–H and O–H groups in total. The Balaban J connectivity index is 1.47. The lowest BCUT2D eigenvalue weighted by Gasteiger charge is -2.36. The number of rotatable bonds is 3. The maximum absolute atomic E-state index is 10.6. The van der Waals surface area contributed by atoms with Crippen molar-refractivity contribution in [1.29, 1.82) is 0 Å². The third kappa shape index (κ3) is 2.04. The fraction of sp³-hybridized carbons (Fsp3) is 0.429. The van der Waals surface area contributed by atoms with E-state index in [1.165, 1.54) is 25.0 Å². The SMILES string of the molecule is O=[N+]([O-])c1ccc(C2ON2C2SC3C=CC2CC3)cc1. The van der Waals surface area contributed by atoms with Crippen molar-refractivity contribution in [2.75, 3.05) is 0 Å². The lowest BCUT2D eigenvalue weighted by molar-refractivity contribution is -0.384. The number of thioether (sulfide) groups is 1. The number of hydrogen-bond donors (Lipinski definition) is 0. The van der Waals surface area contributed by atoms with E-state index in [4.69, 9.17) is 4.84 Å². The molecule has 1 aromatic rings. The second kappa shape index (κ2) is 4.58. The van der Waals surface area contributed by atoms with Crippen molar-refractivity contribution in [1.82, 2.24) is 5.06 Å². The number of nitro benzene ring substituents is 1. The van der Waals surface area contributed by atoms with Gasteiger partial charge in [0.15, 0.2) is 6.23 Å². The van der Waals surface area contributed by atoms with Crippen LogP contribution < -0.4 is 0 Å². The van der Waals surface area contributed by atoms with Gasteiger partial charge in [-0.25, -0.2) is 0 Å². The van der Waals surface area contributed by atoms with Gasteiger partial charge < -0.3 is 0 Å². The van der Waals surface area contributed by atoms with E-state index in [1.54, 1.807) is 12.1 Å². The molecule has 6 heteroatoms.